The molecule has 0 bridgehead atoms. The number of hydrogen-bond donors (Lipinski definition) is 1. The van der Waals surface area contributed by atoms with Crippen molar-refractivity contribution in [3.8, 4) is 11.3 Å². The number of anilines is 1. The van der Waals surface area contributed by atoms with Crippen LogP contribution in [0.15, 0.2) is 77.2 Å². The van der Waals surface area contributed by atoms with E-state index >= 15 is 0 Å². The lowest BCUT2D eigenvalue weighted by atomic mass is 10.1. The average Bonchev–Trinajstić information content (AvgIpc) is 3.32. The summed E-state index contributed by atoms with van der Waals surface area (Å²) in [4.78, 5) is 29.2. The van der Waals surface area contributed by atoms with Crippen LogP contribution in [-0.4, -0.2) is 53.6 Å². The number of ether oxygens (including phenoxy) is 1. The van der Waals surface area contributed by atoms with Gasteiger partial charge in [-0.15, -0.1) is 0 Å². The van der Waals surface area contributed by atoms with Crippen molar-refractivity contribution in [1.82, 2.24) is 9.80 Å². The molecule has 0 aliphatic carbocycles. The largest absolute Gasteiger partial charge is 0.456 e. The molecule has 0 radical (unpaired) electrons. The Kier molecular flexibility index (Phi) is 7.39. The number of nitrogens with zero attached hydrogens (tertiary/aromatic N) is 2. The first-order valence-corrected chi connectivity index (χ1v) is 13.0. The van der Waals surface area contributed by atoms with Crippen LogP contribution < -0.4 is 5.32 Å². The molecule has 1 N–H and O–H groups in total. The second-order valence-electron chi connectivity index (χ2n) is 10.7. The first-order chi connectivity index (χ1) is 18.6. The van der Waals surface area contributed by atoms with E-state index in [1.807, 2.05) is 57.2 Å². The van der Waals surface area contributed by atoms with Crippen LogP contribution in [0.2, 0.25) is 0 Å². The van der Waals surface area contributed by atoms with E-state index in [2.05, 4.69) is 16.3 Å². The number of carbonyl (C=O) groups excluding carboxylic acids is 2. The Morgan fingerprint density at radius 3 is 2.46 bits per heavy atom. The fourth-order valence-electron chi connectivity index (χ4n) is 4.63. The van der Waals surface area contributed by atoms with Gasteiger partial charge >= 0.3 is 6.09 Å². The van der Waals surface area contributed by atoms with Crippen molar-refractivity contribution >= 4 is 28.7 Å². The molecular formula is C31H32FN3O4. The number of piperazine rings is 1. The predicted octanol–water partition coefficient (Wildman–Crippen LogP) is 6.54. The number of fused-ring (bicyclic) bond motifs is 1. The Hall–Kier alpha value is -4.17. The van der Waals surface area contributed by atoms with E-state index in [0.717, 1.165) is 41.7 Å². The molecule has 1 saturated heterocycles. The van der Waals surface area contributed by atoms with Crippen LogP contribution in [0.3, 0.4) is 0 Å². The second-order valence-corrected chi connectivity index (χ2v) is 10.7. The van der Waals surface area contributed by atoms with Gasteiger partial charge in [-0.1, -0.05) is 24.3 Å². The summed E-state index contributed by atoms with van der Waals surface area (Å²) < 4.78 is 25.2. The van der Waals surface area contributed by atoms with E-state index in [0.29, 0.717) is 24.5 Å². The number of rotatable bonds is 5. The van der Waals surface area contributed by atoms with Gasteiger partial charge in [-0.2, -0.15) is 0 Å². The van der Waals surface area contributed by atoms with Crippen molar-refractivity contribution in [3.05, 3.63) is 89.7 Å². The third kappa shape index (κ3) is 6.46. The minimum atomic E-state index is -0.500. The van der Waals surface area contributed by atoms with Gasteiger partial charge < -0.3 is 19.4 Å². The van der Waals surface area contributed by atoms with Crippen LogP contribution in [0, 0.1) is 5.82 Å². The lowest BCUT2D eigenvalue weighted by Gasteiger charge is -2.35. The van der Waals surface area contributed by atoms with Gasteiger partial charge in [-0.25, -0.2) is 9.18 Å². The highest BCUT2D eigenvalue weighted by Gasteiger charge is 2.26. The van der Waals surface area contributed by atoms with Crippen LogP contribution in [0.1, 0.15) is 36.7 Å². The smallest absolute Gasteiger partial charge is 0.410 e. The molecule has 0 unspecified atom stereocenters. The van der Waals surface area contributed by atoms with Crippen molar-refractivity contribution in [2.24, 2.45) is 0 Å². The molecule has 4 aromatic rings. The highest BCUT2D eigenvalue weighted by atomic mass is 19.1. The molecule has 0 atom stereocenters. The molecule has 0 spiro atoms. The van der Waals surface area contributed by atoms with E-state index in [4.69, 9.17) is 9.15 Å². The van der Waals surface area contributed by atoms with Gasteiger partial charge in [-0.3, -0.25) is 9.69 Å². The molecule has 3 aromatic carbocycles. The van der Waals surface area contributed by atoms with Crippen LogP contribution in [0.4, 0.5) is 14.9 Å². The zero-order valence-electron chi connectivity index (χ0n) is 22.4. The van der Waals surface area contributed by atoms with Crippen molar-refractivity contribution in [2.75, 3.05) is 31.5 Å². The molecule has 39 heavy (non-hydrogen) atoms. The summed E-state index contributed by atoms with van der Waals surface area (Å²) in [7, 11) is 0. The molecule has 1 aromatic heterocycles. The van der Waals surface area contributed by atoms with E-state index in [1.165, 1.54) is 18.2 Å². The number of benzene rings is 3. The van der Waals surface area contributed by atoms with Gasteiger partial charge in [-0.05, 0) is 74.9 Å². The van der Waals surface area contributed by atoms with Gasteiger partial charge in [0.15, 0.2) is 0 Å². The minimum Gasteiger partial charge on any atom is -0.456 e. The van der Waals surface area contributed by atoms with Crippen molar-refractivity contribution in [3.63, 3.8) is 0 Å². The number of furan rings is 1. The first kappa shape index (κ1) is 26.4. The predicted molar refractivity (Wildman–Crippen MR) is 149 cm³/mol. The maximum Gasteiger partial charge on any atom is 0.410 e. The maximum absolute atomic E-state index is 13.6. The second kappa shape index (κ2) is 10.9. The average molecular weight is 530 g/mol. The van der Waals surface area contributed by atoms with Crippen LogP contribution in [0.5, 0.6) is 0 Å². The van der Waals surface area contributed by atoms with Crippen molar-refractivity contribution < 1.29 is 23.1 Å². The van der Waals surface area contributed by atoms with E-state index < -0.39 is 17.3 Å². The topological polar surface area (TPSA) is 75.0 Å². The first-order valence-electron chi connectivity index (χ1n) is 13.0. The molecule has 1 aliphatic heterocycles. The van der Waals surface area contributed by atoms with Gasteiger partial charge in [0.1, 0.15) is 22.8 Å². The Bertz CT molecular complexity index is 1500. The van der Waals surface area contributed by atoms with Crippen molar-refractivity contribution in [1.29, 1.82) is 0 Å². The van der Waals surface area contributed by atoms with Gasteiger partial charge in [0.2, 0.25) is 0 Å². The molecule has 202 valence electrons. The summed E-state index contributed by atoms with van der Waals surface area (Å²) in [5.74, 6) is -0.232. The molecule has 1 aliphatic rings. The Morgan fingerprint density at radius 2 is 1.72 bits per heavy atom. The normalized spacial score (nSPS) is 14.4. The fraction of sp³-hybridized carbons (Fsp3) is 0.290. The summed E-state index contributed by atoms with van der Waals surface area (Å²) in [5, 5.41) is 3.84. The highest BCUT2D eigenvalue weighted by molar-refractivity contribution is 6.06. The van der Waals surface area contributed by atoms with E-state index in [9.17, 15) is 14.0 Å². The summed E-state index contributed by atoms with van der Waals surface area (Å²) >= 11 is 0. The minimum absolute atomic E-state index is 0.242. The summed E-state index contributed by atoms with van der Waals surface area (Å²) in [6.45, 7) is 9.19. The Morgan fingerprint density at radius 1 is 0.949 bits per heavy atom. The van der Waals surface area contributed by atoms with Crippen LogP contribution >= 0.6 is 0 Å². The SMILES string of the molecule is CC(C)(C)OC(=O)N1CCN(Cc2ccc3oc(-c4ccccc4NC(=O)c4cccc(F)c4)cc3c2)CC1. The van der Waals surface area contributed by atoms with Crippen molar-refractivity contribution in [2.45, 2.75) is 32.9 Å². The molecule has 8 heteroatoms. The number of nitrogens with one attached hydrogen (secondary N) is 1. The van der Waals surface area contributed by atoms with E-state index in [-0.39, 0.29) is 11.7 Å². The number of para-hydroxylation sites is 1. The van der Waals surface area contributed by atoms with Crippen LogP contribution in [-0.2, 0) is 11.3 Å². The maximum atomic E-state index is 13.6. The molecule has 2 amide bonds. The molecular weight excluding hydrogens is 497 g/mol. The molecule has 7 nitrogen and oxygen atoms in total. The number of amides is 2. The molecule has 1 fully saturated rings. The van der Waals surface area contributed by atoms with Gasteiger partial charge in [0.05, 0.1) is 5.69 Å². The number of hydrogen-bond acceptors (Lipinski definition) is 5. The summed E-state index contributed by atoms with van der Waals surface area (Å²) in [5.41, 5.74) is 2.95. The van der Waals surface area contributed by atoms with Gasteiger partial charge in [0, 0.05) is 49.2 Å². The van der Waals surface area contributed by atoms with E-state index in [1.54, 1.807) is 17.0 Å². The molecule has 0 saturated carbocycles. The lowest BCUT2D eigenvalue weighted by molar-refractivity contribution is 0.0139. The van der Waals surface area contributed by atoms with Crippen LogP contribution in [0.25, 0.3) is 22.3 Å². The van der Waals surface area contributed by atoms with Gasteiger partial charge in [0.25, 0.3) is 5.91 Å². The third-order valence-electron chi connectivity index (χ3n) is 6.54. The molecule has 2 heterocycles. The Labute approximate surface area is 227 Å². The monoisotopic (exact) mass is 529 g/mol. The Balaban J connectivity index is 1.27. The zero-order chi connectivity index (χ0) is 27.6. The lowest BCUT2D eigenvalue weighted by Crippen LogP contribution is -2.49. The number of carbonyl (C=O) groups is 2. The summed E-state index contributed by atoms with van der Waals surface area (Å²) in [6.07, 6.45) is -0.262. The standard InChI is InChI=1S/C31H32FN3O4/c1-31(2,3)39-30(37)35-15-13-34(14-16-35)20-21-11-12-27-23(17-21)19-28(38-27)25-9-4-5-10-26(25)33-29(36)22-7-6-8-24(32)18-22/h4-12,17-19H,13-16,20H2,1-3H3,(H,33,36). The third-order valence-corrected chi connectivity index (χ3v) is 6.54. The molecule has 5 rings (SSSR count). The highest BCUT2D eigenvalue weighted by Crippen LogP contribution is 2.33. The number of halogens is 1. The fourth-order valence-corrected chi connectivity index (χ4v) is 4.63. The zero-order valence-corrected chi connectivity index (χ0v) is 22.4. The summed E-state index contributed by atoms with van der Waals surface area (Å²) in [6, 6.07) is 21.0. The quantitative estimate of drug-likeness (QED) is 0.318.